The molecule has 9 nitrogen and oxygen atoms in total. The topological polar surface area (TPSA) is 80.7 Å². The quantitative estimate of drug-likeness (QED) is 0.383. The normalized spacial score (nSPS) is 20.1. The number of aryl methyl sites for hydroxylation is 2. The van der Waals surface area contributed by atoms with E-state index in [0.29, 0.717) is 36.6 Å². The molecule has 1 aromatic heterocycles. The highest BCUT2D eigenvalue weighted by molar-refractivity contribution is 6.05. The van der Waals surface area contributed by atoms with Crippen molar-refractivity contribution < 1.29 is 18.0 Å². The Hall–Kier alpha value is -4.47. The van der Waals surface area contributed by atoms with E-state index in [1.165, 1.54) is 0 Å². The Morgan fingerprint density at radius 2 is 1.98 bits per heavy atom. The molecule has 2 unspecified atom stereocenters. The van der Waals surface area contributed by atoms with E-state index in [4.69, 9.17) is 6.42 Å². The second-order valence-corrected chi connectivity index (χ2v) is 11.0. The molecule has 3 aromatic rings. The lowest BCUT2D eigenvalue weighted by atomic mass is 10.1. The number of amides is 1. The smallest absolute Gasteiger partial charge is 0.366 e. The molecule has 0 spiro atoms. The van der Waals surface area contributed by atoms with Crippen molar-refractivity contribution in [3.05, 3.63) is 76.7 Å². The number of carbonyl (C=O) groups is 1. The van der Waals surface area contributed by atoms with Crippen molar-refractivity contribution in [1.29, 1.82) is 0 Å². The van der Waals surface area contributed by atoms with E-state index in [1.807, 2.05) is 32.0 Å². The Morgan fingerprint density at radius 3 is 2.64 bits per heavy atom. The molecule has 2 atom stereocenters. The number of nitrogens with one attached hydrogen (secondary N) is 3. The monoisotopic (exact) mass is 576 g/mol. The summed E-state index contributed by atoms with van der Waals surface area (Å²) >= 11 is 0. The zero-order valence-corrected chi connectivity index (χ0v) is 23.5. The maximum atomic E-state index is 13.9. The first-order valence-electron chi connectivity index (χ1n) is 13.6. The number of benzene rings is 2. The SMILES string of the molecule is C#CCN1CC2CC1CN2c1cc(NC(=O)c2ccc(C)c(N3C=C(c4cnn(C)c4C)NN3)c2)cc(C(F)(F)F)c1. The molecule has 0 aliphatic carbocycles. The van der Waals surface area contributed by atoms with E-state index in [-0.39, 0.29) is 17.8 Å². The fourth-order valence-corrected chi connectivity index (χ4v) is 5.95. The standard InChI is InChI=1S/C30H31F3N8O/c1-5-8-39-15-25-13-24(39)16-40(25)23-11-21(30(31,32)33)10-22(12-23)35-29(42)20-7-6-18(2)28(9-20)41-17-27(36-37-41)26-14-34-38(4)19(26)3/h1,6-7,9-12,14,17,24-25,36-37H,8,13,15-16H2,2-4H3,(H,35,42). The summed E-state index contributed by atoms with van der Waals surface area (Å²) in [6, 6.07) is 9.18. The van der Waals surface area contributed by atoms with Crippen LogP contribution in [0.25, 0.3) is 5.70 Å². The molecule has 6 rings (SSSR count). The van der Waals surface area contributed by atoms with Crippen molar-refractivity contribution in [3.63, 3.8) is 0 Å². The van der Waals surface area contributed by atoms with Gasteiger partial charge in [0.25, 0.3) is 5.91 Å². The average molecular weight is 577 g/mol. The fraction of sp³-hybridized carbons (Fsp3) is 0.333. The van der Waals surface area contributed by atoms with Gasteiger partial charge in [-0.15, -0.1) is 12.0 Å². The summed E-state index contributed by atoms with van der Waals surface area (Å²) in [6.45, 7) is 5.70. The van der Waals surface area contributed by atoms with Gasteiger partial charge in [0, 0.05) is 66.6 Å². The van der Waals surface area contributed by atoms with Crippen molar-refractivity contribution in [2.24, 2.45) is 7.05 Å². The fourth-order valence-electron chi connectivity index (χ4n) is 5.95. The first kappa shape index (κ1) is 27.7. The van der Waals surface area contributed by atoms with Crippen LogP contribution in [0.1, 0.15) is 39.2 Å². The van der Waals surface area contributed by atoms with E-state index in [2.05, 4.69) is 32.2 Å². The number of halogens is 3. The van der Waals surface area contributed by atoms with Gasteiger partial charge in [0.1, 0.15) is 0 Å². The third kappa shape index (κ3) is 5.06. The molecule has 3 aliphatic heterocycles. The summed E-state index contributed by atoms with van der Waals surface area (Å²) in [5, 5.41) is 8.74. The molecule has 2 fully saturated rings. The Kier molecular flexibility index (Phi) is 6.87. The lowest BCUT2D eigenvalue weighted by Crippen LogP contribution is -2.46. The molecule has 3 N–H and O–H groups in total. The molecular formula is C30H31F3N8O. The molecule has 42 heavy (non-hydrogen) atoms. The minimum atomic E-state index is -4.56. The number of aromatic nitrogens is 2. The third-order valence-corrected chi connectivity index (χ3v) is 8.31. The molecule has 4 heterocycles. The molecule has 12 heteroatoms. The van der Waals surface area contributed by atoms with Crippen molar-refractivity contribution in [3.8, 4) is 12.3 Å². The van der Waals surface area contributed by atoms with Crippen LogP contribution in [0.3, 0.4) is 0 Å². The molecule has 218 valence electrons. The number of alkyl halides is 3. The second-order valence-electron chi connectivity index (χ2n) is 11.0. The summed E-state index contributed by atoms with van der Waals surface area (Å²) < 4.78 is 43.5. The molecule has 2 aromatic carbocycles. The summed E-state index contributed by atoms with van der Waals surface area (Å²) in [5.74, 6) is 2.15. The van der Waals surface area contributed by atoms with Crippen LogP contribution in [0.2, 0.25) is 0 Å². The highest BCUT2D eigenvalue weighted by Crippen LogP contribution is 2.39. The zero-order chi connectivity index (χ0) is 29.8. The number of anilines is 3. The van der Waals surface area contributed by atoms with Crippen LogP contribution >= 0.6 is 0 Å². The minimum absolute atomic E-state index is 0.0741. The predicted octanol–water partition coefficient (Wildman–Crippen LogP) is 4.03. The highest BCUT2D eigenvalue weighted by Gasteiger charge is 2.43. The third-order valence-electron chi connectivity index (χ3n) is 8.31. The zero-order valence-electron chi connectivity index (χ0n) is 23.5. The van der Waals surface area contributed by atoms with Crippen LogP contribution in [-0.2, 0) is 13.2 Å². The summed E-state index contributed by atoms with van der Waals surface area (Å²) in [6.07, 6.45) is 5.38. The average Bonchev–Trinajstić information content (AvgIpc) is 3.74. The van der Waals surface area contributed by atoms with Crippen LogP contribution in [0.15, 0.2) is 48.8 Å². The maximum absolute atomic E-state index is 13.9. The first-order valence-corrected chi connectivity index (χ1v) is 13.6. The molecule has 2 saturated heterocycles. The van der Waals surface area contributed by atoms with Gasteiger partial charge in [-0.3, -0.25) is 19.4 Å². The minimum Gasteiger partial charge on any atom is -0.366 e. The van der Waals surface area contributed by atoms with Crippen molar-refractivity contribution in [2.75, 3.05) is 34.9 Å². The van der Waals surface area contributed by atoms with Crippen LogP contribution in [0, 0.1) is 26.2 Å². The number of hydrogen-bond donors (Lipinski definition) is 3. The number of nitrogens with zero attached hydrogens (tertiary/aromatic N) is 5. The van der Waals surface area contributed by atoms with Crippen molar-refractivity contribution in [1.82, 2.24) is 25.6 Å². The van der Waals surface area contributed by atoms with Gasteiger partial charge in [-0.2, -0.15) is 18.3 Å². The van der Waals surface area contributed by atoms with Gasteiger partial charge in [0.2, 0.25) is 0 Å². The summed E-state index contributed by atoms with van der Waals surface area (Å²) in [7, 11) is 1.86. The van der Waals surface area contributed by atoms with E-state index in [1.54, 1.807) is 40.2 Å². The molecule has 0 saturated carbocycles. The largest absolute Gasteiger partial charge is 0.416 e. The van der Waals surface area contributed by atoms with Gasteiger partial charge < -0.3 is 15.6 Å². The van der Waals surface area contributed by atoms with Crippen molar-refractivity contribution in [2.45, 2.75) is 38.5 Å². The Morgan fingerprint density at radius 1 is 1.17 bits per heavy atom. The predicted molar refractivity (Wildman–Crippen MR) is 155 cm³/mol. The van der Waals surface area contributed by atoms with Gasteiger partial charge in [0.15, 0.2) is 0 Å². The molecule has 1 amide bonds. The van der Waals surface area contributed by atoms with Gasteiger partial charge in [-0.05, 0) is 56.2 Å². The molecule has 0 radical (unpaired) electrons. The number of terminal acetylenes is 1. The Balaban J connectivity index is 1.24. The summed E-state index contributed by atoms with van der Waals surface area (Å²) in [4.78, 5) is 17.5. The molecule has 3 aliphatic rings. The van der Waals surface area contributed by atoms with Crippen LogP contribution in [-0.4, -0.2) is 52.3 Å². The lowest BCUT2D eigenvalue weighted by Gasteiger charge is -2.35. The van der Waals surface area contributed by atoms with Gasteiger partial charge in [0.05, 0.1) is 29.7 Å². The summed E-state index contributed by atoms with van der Waals surface area (Å²) in [5.41, 5.74) is 10.5. The number of hydrogen-bond acceptors (Lipinski definition) is 7. The van der Waals surface area contributed by atoms with E-state index in [0.717, 1.165) is 41.1 Å². The number of rotatable bonds is 6. The highest BCUT2D eigenvalue weighted by atomic mass is 19.4. The molecular weight excluding hydrogens is 545 g/mol. The van der Waals surface area contributed by atoms with Gasteiger partial charge in [-0.25, -0.2) is 0 Å². The number of fused-ring (bicyclic) bond motifs is 2. The van der Waals surface area contributed by atoms with E-state index < -0.39 is 17.6 Å². The van der Waals surface area contributed by atoms with Crippen LogP contribution < -0.4 is 26.2 Å². The van der Waals surface area contributed by atoms with Gasteiger partial charge >= 0.3 is 6.18 Å². The van der Waals surface area contributed by atoms with E-state index >= 15 is 0 Å². The Bertz CT molecular complexity index is 1620. The lowest BCUT2D eigenvalue weighted by molar-refractivity contribution is -0.137. The molecule has 2 bridgehead atoms. The van der Waals surface area contributed by atoms with Gasteiger partial charge in [-0.1, -0.05) is 12.0 Å². The van der Waals surface area contributed by atoms with E-state index in [9.17, 15) is 18.0 Å². The maximum Gasteiger partial charge on any atom is 0.416 e. The number of piperazine rings is 1. The van der Waals surface area contributed by atoms with Crippen LogP contribution in [0.5, 0.6) is 0 Å². The second kappa shape index (κ2) is 10.4. The first-order chi connectivity index (χ1) is 20.0. The van der Waals surface area contributed by atoms with Crippen molar-refractivity contribution >= 4 is 28.7 Å². The number of hydrazine groups is 2. The number of carbonyl (C=O) groups excluding carboxylic acids is 1. The number of likely N-dealkylation sites (tertiary alicyclic amines) is 1. The van der Waals surface area contributed by atoms with Crippen LogP contribution in [0.4, 0.5) is 30.2 Å². The Labute approximate surface area is 241 Å².